The fourth-order valence-corrected chi connectivity index (χ4v) is 2.13. The molecule has 0 fully saturated rings. The van der Waals surface area contributed by atoms with Crippen molar-refractivity contribution >= 4 is 5.91 Å². The summed E-state index contributed by atoms with van der Waals surface area (Å²) in [6.07, 6.45) is 1.08. The Balaban J connectivity index is 2.00. The van der Waals surface area contributed by atoms with Gasteiger partial charge in [0.2, 0.25) is 5.91 Å². The number of fused-ring (bicyclic) bond motifs is 1. The van der Waals surface area contributed by atoms with E-state index < -0.39 is 0 Å². The van der Waals surface area contributed by atoms with Gasteiger partial charge in [0.15, 0.2) is 0 Å². The molecule has 18 heavy (non-hydrogen) atoms. The average molecular weight is 244 g/mol. The molecule has 0 N–H and O–H groups in total. The number of benzene rings is 1. The van der Waals surface area contributed by atoms with E-state index in [1.54, 1.807) is 11.9 Å². The summed E-state index contributed by atoms with van der Waals surface area (Å²) in [6.45, 7) is 0.903. The highest BCUT2D eigenvalue weighted by Crippen LogP contribution is 2.27. The fraction of sp³-hybridized carbons (Fsp3) is 0.429. The average Bonchev–Trinajstić information content (AvgIpc) is 2.43. The molecule has 2 rings (SSSR count). The number of rotatable bonds is 3. The second-order valence-electron chi connectivity index (χ2n) is 4.49. The van der Waals surface area contributed by atoms with E-state index in [9.17, 15) is 4.79 Å². The largest absolute Gasteiger partial charge is 0.492 e. The van der Waals surface area contributed by atoms with E-state index >= 15 is 0 Å². The van der Waals surface area contributed by atoms with Crippen LogP contribution in [0.3, 0.4) is 0 Å². The lowest BCUT2D eigenvalue weighted by Gasteiger charge is -2.27. The van der Waals surface area contributed by atoms with Gasteiger partial charge in [0.25, 0.3) is 0 Å². The van der Waals surface area contributed by atoms with Crippen molar-refractivity contribution in [3.63, 3.8) is 0 Å². The van der Waals surface area contributed by atoms with Gasteiger partial charge in [0.1, 0.15) is 12.4 Å². The Morgan fingerprint density at radius 1 is 1.56 bits per heavy atom. The molecule has 1 unspecified atom stereocenters. The number of hydrogen-bond donors (Lipinski definition) is 0. The molecule has 1 heterocycles. The summed E-state index contributed by atoms with van der Waals surface area (Å²) in [4.78, 5) is 13.8. The minimum Gasteiger partial charge on any atom is -0.492 e. The third kappa shape index (κ3) is 2.62. The zero-order valence-corrected chi connectivity index (χ0v) is 10.4. The Hall–Kier alpha value is -2.02. The van der Waals surface area contributed by atoms with Gasteiger partial charge in [-0.15, -0.1) is 0 Å². The molecule has 1 aliphatic rings. The molecule has 0 saturated carbocycles. The van der Waals surface area contributed by atoms with Crippen molar-refractivity contribution in [2.24, 2.45) is 5.92 Å². The van der Waals surface area contributed by atoms with Gasteiger partial charge >= 0.3 is 0 Å². The normalized spacial score (nSPS) is 17.2. The van der Waals surface area contributed by atoms with Crippen LogP contribution in [0.4, 0.5) is 0 Å². The lowest BCUT2D eigenvalue weighted by Crippen LogP contribution is -2.39. The van der Waals surface area contributed by atoms with Crippen LogP contribution in [0, 0.1) is 17.2 Å². The minimum atomic E-state index is -0.136. The lowest BCUT2D eigenvalue weighted by atomic mass is 9.95. The predicted octanol–water partition coefficient (Wildman–Crippen LogP) is 1.61. The maximum Gasteiger partial charge on any atom is 0.229 e. The van der Waals surface area contributed by atoms with E-state index in [1.807, 2.05) is 30.3 Å². The molecule has 1 aromatic carbocycles. The van der Waals surface area contributed by atoms with Gasteiger partial charge in [-0.25, -0.2) is 0 Å². The van der Waals surface area contributed by atoms with Gasteiger partial charge in [-0.3, -0.25) is 4.79 Å². The third-order valence-corrected chi connectivity index (χ3v) is 3.16. The lowest BCUT2D eigenvalue weighted by molar-refractivity contribution is -0.135. The van der Waals surface area contributed by atoms with E-state index in [-0.39, 0.29) is 11.8 Å². The quantitative estimate of drug-likeness (QED) is 0.811. The summed E-state index contributed by atoms with van der Waals surface area (Å²) in [5, 5.41) is 8.52. The molecule has 0 aliphatic carbocycles. The summed E-state index contributed by atoms with van der Waals surface area (Å²) in [6, 6.07) is 9.85. The summed E-state index contributed by atoms with van der Waals surface area (Å²) in [5.74, 6) is 0.796. The smallest absolute Gasteiger partial charge is 0.229 e. The van der Waals surface area contributed by atoms with Crippen LogP contribution >= 0.6 is 0 Å². The van der Waals surface area contributed by atoms with Gasteiger partial charge in [0.05, 0.1) is 18.4 Å². The molecule has 1 aliphatic heterocycles. The number of nitrogens with zero attached hydrogens (tertiary/aromatic N) is 2. The maximum absolute atomic E-state index is 12.2. The molecule has 0 saturated heterocycles. The molecule has 0 spiro atoms. The van der Waals surface area contributed by atoms with Crippen LogP contribution in [0.15, 0.2) is 24.3 Å². The van der Waals surface area contributed by atoms with Crippen molar-refractivity contribution in [1.82, 2.24) is 4.90 Å². The van der Waals surface area contributed by atoms with E-state index in [4.69, 9.17) is 10.00 Å². The van der Waals surface area contributed by atoms with Crippen molar-refractivity contribution in [2.75, 3.05) is 20.2 Å². The summed E-state index contributed by atoms with van der Waals surface area (Å²) in [7, 11) is 1.74. The Bertz CT molecular complexity index is 479. The van der Waals surface area contributed by atoms with E-state index in [2.05, 4.69) is 0 Å². The SMILES string of the molecule is CN(CCC#N)C(=O)C1COc2ccccc2C1. The van der Waals surface area contributed by atoms with Crippen molar-refractivity contribution in [1.29, 1.82) is 5.26 Å². The Morgan fingerprint density at radius 2 is 2.33 bits per heavy atom. The molecular weight excluding hydrogens is 228 g/mol. The molecule has 4 heteroatoms. The Morgan fingerprint density at radius 3 is 3.11 bits per heavy atom. The molecule has 0 radical (unpaired) electrons. The molecular formula is C14H16N2O2. The number of nitriles is 1. The van der Waals surface area contributed by atoms with Gasteiger partial charge < -0.3 is 9.64 Å². The Kier molecular flexibility index (Phi) is 3.83. The number of ether oxygens (including phenoxy) is 1. The van der Waals surface area contributed by atoms with Crippen molar-refractivity contribution in [2.45, 2.75) is 12.8 Å². The van der Waals surface area contributed by atoms with Gasteiger partial charge in [0, 0.05) is 13.6 Å². The van der Waals surface area contributed by atoms with Crippen LogP contribution in [-0.4, -0.2) is 31.0 Å². The zero-order valence-electron chi connectivity index (χ0n) is 10.4. The zero-order chi connectivity index (χ0) is 13.0. The topological polar surface area (TPSA) is 53.3 Å². The van der Waals surface area contributed by atoms with Crippen LogP contribution in [0.2, 0.25) is 0 Å². The number of para-hydroxylation sites is 1. The van der Waals surface area contributed by atoms with Crippen LogP contribution in [0.25, 0.3) is 0 Å². The molecule has 1 amide bonds. The minimum absolute atomic E-state index is 0.0553. The first-order valence-electron chi connectivity index (χ1n) is 6.05. The number of carbonyl (C=O) groups is 1. The third-order valence-electron chi connectivity index (χ3n) is 3.16. The van der Waals surface area contributed by atoms with Crippen molar-refractivity contribution in [3.8, 4) is 11.8 Å². The highest BCUT2D eigenvalue weighted by molar-refractivity contribution is 5.79. The molecule has 1 atom stereocenters. The van der Waals surface area contributed by atoms with Gasteiger partial charge in [-0.2, -0.15) is 5.26 Å². The standard InChI is InChI=1S/C14H16N2O2/c1-16(8-4-7-15)14(17)12-9-11-5-2-3-6-13(11)18-10-12/h2-3,5-6,12H,4,8-10H2,1H3. The first-order chi connectivity index (χ1) is 8.72. The van der Waals surface area contributed by atoms with Crippen LogP contribution < -0.4 is 4.74 Å². The van der Waals surface area contributed by atoms with E-state index in [0.29, 0.717) is 26.0 Å². The molecule has 0 bridgehead atoms. The number of carbonyl (C=O) groups excluding carboxylic acids is 1. The monoisotopic (exact) mass is 244 g/mol. The van der Waals surface area contributed by atoms with Crippen molar-refractivity contribution in [3.05, 3.63) is 29.8 Å². The van der Waals surface area contributed by atoms with E-state index in [1.165, 1.54) is 0 Å². The summed E-state index contributed by atoms with van der Waals surface area (Å²) < 4.78 is 5.60. The van der Waals surface area contributed by atoms with Crippen LogP contribution in [0.5, 0.6) is 5.75 Å². The van der Waals surface area contributed by atoms with Crippen LogP contribution in [-0.2, 0) is 11.2 Å². The van der Waals surface area contributed by atoms with Gasteiger partial charge in [-0.05, 0) is 18.1 Å². The highest BCUT2D eigenvalue weighted by Gasteiger charge is 2.27. The van der Waals surface area contributed by atoms with Crippen LogP contribution in [0.1, 0.15) is 12.0 Å². The fourth-order valence-electron chi connectivity index (χ4n) is 2.13. The first-order valence-corrected chi connectivity index (χ1v) is 6.05. The summed E-state index contributed by atoms with van der Waals surface area (Å²) in [5.41, 5.74) is 1.08. The van der Waals surface area contributed by atoms with Crippen molar-refractivity contribution < 1.29 is 9.53 Å². The molecule has 94 valence electrons. The molecule has 0 aromatic heterocycles. The molecule has 1 aromatic rings. The predicted molar refractivity (Wildman–Crippen MR) is 67.0 cm³/mol. The number of amides is 1. The second-order valence-corrected chi connectivity index (χ2v) is 4.49. The van der Waals surface area contributed by atoms with E-state index in [0.717, 1.165) is 11.3 Å². The number of hydrogen-bond acceptors (Lipinski definition) is 3. The Labute approximate surface area is 107 Å². The first kappa shape index (κ1) is 12.4. The van der Waals surface area contributed by atoms with Gasteiger partial charge in [-0.1, -0.05) is 18.2 Å². The second kappa shape index (κ2) is 5.54. The highest BCUT2D eigenvalue weighted by atomic mass is 16.5. The molecule has 4 nitrogen and oxygen atoms in total. The maximum atomic E-state index is 12.2. The summed E-state index contributed by atoms with van der Waals surface area (Å²) >= 11 is 0.